The normalized spacial score (nSPS) is 11.1. The minimum absolute atomic E-state index is 0.117. The molecule has 0 aliphatic heterocycles. The molecular weight excluding hydrogens is 420 g/mol. The van der Waals surface area contributed by atoms with Crippen LogP contribution in [0.2, 0.25) is 10.3 Å². The monoisotopic (exact) mass is 431 g/mol. The third kappa shape index (κ3) is 3.63. The predicted octanol–water partition coefficient (Wildman–Crippen LogP) is 5.52. The van der Waals surface area contributed by atoms with E-state index in [1.807, 2.05) is 42.5 Å². The van der Waals surface area contributed by atoms with Crippen molar-refractivity contribution in [2.45, 2.75) is 10.6 Å². The van der Waals surface area contributed by atoms with Crippen LogP contribution in [0.25, 0.3) is 16.7 Å². The highest BCUT2D eigenvalue weighted by Crippen LogP contribution is 2.31. The molecular formula is C20H12Cl2FN3OS. The number of benzene rings is 2. The van der Waals surface area contributed by atoms with Crippen LogP contribution in [0.5, 0.6) is 0 Å². The average molecular weight is 432 g/mol. The van der Waals surface area contributed by atoms with Crippen LogP contribution in [0.15, 0.2) is 70.4 Å². The van der Waals surface area contributed by atoms with Crippen molar-refractivity contribution >= 4 is 46.0 Å². The third-order valence-electron chi connectivity index (χ3n) is 4.08. The lowest BCUT2D eigenvalue weighted by Crippen LogP contribution is -2.23. The van der Waals surface area contributed by atoms with Gasteiger partial charge in [-0.25, -0.2) is 18.7 Å². The van der Waals surface area contributed by atoms with Gasteiger partial charge in [-0.15, -0.1) is 11.8 Å². The molecule has 2 aromatic heterocycles. The van der Waals surface area contributed by atoms with Crippen molar-refractivity contribution in [1.82, 2.24) is 14.5 Å². The lowest BCUT2D eigenvalue weighted by Gasteiger charge is -2.14. The van der Waals surface area contributed by atoms with E-state index in [-0.39, 0.29) is 21.3 Å². The lowest BCUT2D eigenvalue weighted by atomic mass is 10.2. The number of rotatable bonds is 4. The first-order chi connectivity index (χ1) is 13.5. The van der Waals surface area contributed by atoms with E-state index in [1.165, 1.54) is 4.57 Å². The summed E-state index contributed by atoms with van der Waals surface area (Å²) in [5, 5.41) is -0.239. The Morgan fingerprint density at radius 1 is 0.964 bits per heavy atom. The van der Waals surface area contributed by atoms with Crippen molar-refractivity contribution in [3.8, 4) is 5.69 Å². The molecule has 4 nitrogen and oxygen atoms in total. The number of hydrogen-bond acceptors (Lipinski definition) is 4. The topological polar surface area (TPSA) is 47.8 Å². The summed E-state index contributed by atoms with van der Waals surface area (Å²) in [5.74, 6) is -0.0104. The number of thioether (sulfide) groups is 1. The molecule has 0 spiro atoms. The predicted molar refractivity (Wildman–Crippen MR) is 111 cm³/mol. The molecule has 4 aromatic rings. The zero-order valence-electron chi connectivity index (χ0n) is 14.3. The fraction of sp³-hybridized carbons (Fsp3) is 0.0500. The first kappa shape index (κ1) is 18.9. The van der Waals surface area contributed by atoms with Gasteiger partial charge in [0.05, 0.1) is 11.1 Å². The molecule has 0 N–H and O–H groups in total. The van der Waals surface area contributed by atoms with E-state index in [1.54, 1.807) is 23.9 Å². The van der Waals surface area contributed by atoms with Gasteiger partial charge in [-0.05, 0) is 23.8 Å². The van der Waals surface area contributed by atoms with E-state index in [0.29, 0.717) is 11.4 Å². The van der Waals surface area contributed by atoms with Crippen molar-refractivity contribution in [2.75, 3.05) is 0 Å². The molecule has 0 unspecified atom stereocenters. The fourth-order valence-electron chi connectivity index (χ4n) is 2.78. The van der Waals surface area contributed by atoms with Crippen LogP contribution in [0.4, 0.5) is 4.39 Å². The number of pyridine rings is 1. The summed E-state index contributed by atoms with van der Waals surface area (Å²) < 4.78 is 15.2. The summed E-state index contributed by atoms with van der Waals surface area (Å²) in [6, 6.07) is 18.5. The fourth-order valence-corrected chi connectivity index (χ4v) is 4.12. The van der Waals surface area contributed by atoms with Gasteiger partial charge < -0.3 is 0 Å². The summed E-state index contributed by atoms with van der Waals surface area (Å²) in [6.45, 7) is 0. The second-order valence-electron chi connectivity index (χ2n) is 5.89. The quantitative estimate of drug-likeness (QED) is 0.242. The van der Waals surface area contributed by atoms with Gasteiger partial charge in [0.15, 0.2) is 16.6 Å². The molecule has 4 rings (SSSR count). The van der Waals surface area contributed by atoms with Gasteiger partial charge >= 0.3 is 5.69 Å². The van der Waals surface area contributed by atoms with Gasteiger partial charge in [0, 0.05) is 10.6 Å². The molecule has 8 heteroatoms. The molecule has 0 radical (unpaired) electrons. The smallest absolute Gasteiger partial charge is 0.245 e. The second kappa shape index (κ2) is 7.91. The van der Waals surface area contributed by atoms with E-state index < -0.39 is 11.5 Å². The number of aromatic nitrogens is 3. The van der Waals surface area contributed by atoms with Crippen LogP contribution < -0.4 is 5.69 Å². The largest absolute Gasteiger partial charge is 0.355 e. The van der Waals surface area contributed by atoms with Crippen molar-refractivity contribution in [3.05, 3.63) is 92.8 Å². The molecule has 0 saturated carbocycles. The minimum Gasteiger partial charge on any atom is -0.245 e. The summed E-state index contributed by atoms with van der Waals surface area (Å²) in [4.78, 5) is 21.4. The van der Waals surface area contributed by atoms with Crippen molar-refractivity contribution < 1.29 is 4.39 Å². The van der Waals surface area contributed by atoms with Crippen LogP contribution >= 0.6 is 35.0 Å². The van der Waals surface area contributed by atoms with Crippen LogP contribution in [-0.2, 0) is 5.75 Å². The molecule has 0 aliphatic carbocycles. The maximum atomic E-state index is 13.9. The Bertz CT molecular complexity index is 1230. The standard InChI is InChI=1S/C20H12Cl2FN3OS/c21-17-13-10-14(23)18(22)24-19(13)26(20(27)25-17)15-8-4-5-9-16(15)28-11-12-6-2-1-3-7-12/h1-10H,11H2. The minimum atomic E-state index is -0.727. The van der Waals surface area contributed by atoms with Crippen molar-refractivity contribution in [2.24, 2.45) is 0 Å². The zero-order chi connectivity index (χ0) is 19.7. The van der Waals surface area contributed by atoms with E-state index >= 15 is 0 Å². The SMILES string of the molecule is O=c1nc(Cl)c2cc(F)c(Cl)nc2n1-c1ccccc1SCc1ccccc1. The van der Waals surface area contributed by atoms with Gasteiger partial charge in [-0.3, -0.25) is 0 Å². The molecule has 28 heavy (non-hydrogen) atoms. The maximum Gasteiger partial charge on any atom is 0.355 e. The molecule has 0 bridgehead atoms. The summed E-state index contributed by atoms with van der Waals surface area (Å²) in [7, 11) is 0. The summed E-state index contributed by atoms with van der Waals surface area (Å²) in [5.41, 5.74) is 1.28. The Morgan fingerprint density at radius 3 is 2.46 bits per heavy atom. The molecule has 2 heterocycles. The molecule has 0 amide bonds. The molecule has 0 fully saturated rings. The Hall–Kier alpha value is -2.41. The highest BCUT2D eigenvalue weighted by Gasteiger charge is 2.17. The molecule has 0 atom stereocenters. The van der Waals surface area contributed by atoms with Crippen molar-refractivity contribution in [1.29, 1.82) is 0 Å². The van der Waals surface area contributed by atoms with Crippen LogP contribution in [0, 0.1) is 5.82 Å². The van der Waals surface area contributed by atoms with Crippen LogP contribution in [0.3, 0.4) is 0 Å². The second-order valence-corrected chi connectivity index (χ2v) is 7.63. The van der Waals surface area contributed by atoms with Crippen LogP contribution in [0.1, 0.15) is 5.56 Å². The molecule has 0 aliphatic rings. The highest BCUT2D eigenvalue weighted by atomic mass is 35.5. The zero-order valence-corrected chi connectivity index (χ0v) is 16.6. The maximum absolute atomic E-state index is 13.9. The number of fused-ring (bicyclic) bond motifs is 1. The van der Waals surface area contributed by atoms with E-state index in [4.69, 9.17) is 23.2 Å². The third-order valence-corrected chi connectivity index (χ3v) is 5.76. The number of hydrogen-bond donors (Lipinski definition) is 0. The summed E-state index contributed by atoms with van der Waals surface area (Å²) >= 11 is 13.5. The number of halogens is 3. The Kier molecular flexibility index (Phi) is 5.35. The van der Waals surface area contributed by atoms with E-state index in [0.717, 1.165) is 16.5 Å². The first-order valence-electron chi connectivity index (χ1n) is 8.25. The van der Waals surface area contributed by atoms with E-state index in [2.05, 4.69) is 9.97 Å². The Labute approximate surface area is 174 Å². The molecule has 140 valence electrons. The number of nitrogens with zero attached hydrogens (tertiary/aromatic N) is 3. The average Bonchev–Trinajstić information content (AvgIpc) is 2.70. The van der Waals surface area contributed by atoms with E-state index in [9.17, 15) is 9.18 Å². The Balaban J connectivity index is 1.87. The first-order valence-corrected chi connectivity index (χ1v) is 9.99. The van der Waals surface area contributed by atoms with Gasteiger partial charge in [0.25, 0.3) is 0 Å². The van der Waals surface area contributed by atoms with Gasteiger partial charge in [0.1, 0.15) is 5.15 Å². The van der Waals surface area contributed by atoms with Gasteiger partial charge in [-0.1, -0.05) is 65.7 Å². The lowest BCUT2D eigenvalue weighted by molar-refractivity contribution is 0.624. The number of para-hydroxylation sites is 1. The Morgan fingerprint density at radius 2 is 1.68 bits per heavy atom. The summed E-state index contributed by atoms with van der Waals surface area (Å²) in [6.07, 6.45) is 0. The van der Waals surface area contributed by atoms with Gasteiger partial charge in [0.2, 0.25) is 0 Å². The highest BCUT2D eigenvalue weighted by molar-refractivity contribution is 7.98. The molecule has 0 saturated heterocycles. The molecule has 2 aromatic carbocycles. The van der Waals surface area contributed by atoms with Gasteiger partial charge in [-0.2, -0.15) is 4.98 Å². The van der Waals surface area contributed by atoms with Crippen LogP contribution in [-0.4, -0.2) is 14.5 Å². The van der Waals surface area contributed by atoms with Crippen molar-refractivity contribution in [3.63, 3.8) is 0 Å².